The third-order valence-electron chi connectivity index (χ3n) is 4.11. The molecule has 0 radical (unpaired) electrons. The van der Waals surface area contributed by atoms with E-state index in [2.05, 4.69) is 16.0 Å². The molecular weight excluding hydrogens is 366 g/mol. The maximum absolute atomic E-state index is 12.4. The van der Waals surface area contributed by atoms with Gasteiger partial charge in [-0.15, -0.1) is 0 Å². The fourth-order valence-electron chi connectivity index (χ4n) is 2.56. The van der Waals surface area contributed by atoms with Crippen LogP contribution in [0.4, 0.5) is 10.5 Å². The van der Waals surface area contributed by atoms with Crippen LogP contribution in [0.2, 0.25) is 5.02 Å². The second-order valence-electron chi connectivity index (χ2n) is 6.61. The lowest BCUT2D eigenvalue weighted by atomic mass is 9.92. The molecule has 0 bridgehead atoms. The molecule has 6 nitrogen and oxygen atoms in total. The largest absolute Gasteiger partial charge is 0.355 e. The summed E-state index contributed by atoms with van der Waals surface area (Å²) in [6, 6.07) is 11.3. The van der Waals surface area contributed by atoms with Gasteiger partial charge in [-0.05, 0) is 50.6 Å². The van der Waals surface area contributed by atoms with Crippen LogP contribution in [0.1, 0.15) is 47.1 Å². The lowest BCUT2D eigenvalue weighted by Crippen LogP contribution is -2.43. The van der Waals surface area contributed by atoms with Gasteiger partial charge in [0.25, 0.3) is 5.91 Å². The monoisotopic (exact) mass is 387 g/mol. The Bertz CT molecular complexity index is 894. The van der Waals surface area contributed by atoms with E-state index in [1.54, 1.807) is 30.3 Å². The highest BCUT2D eigenvalue weighted by Crippen LogP contribution is 2.23. The van der Waals surface area contributed by atoms with Gasteiger partial charge in [-0.25, -0.2) is 4.79 Å². The molecule has 0 heterocycles. The third kappa shape index (κ3) is 5.08. The molecular formula is C20H22ClN3O3. The van der Waals surface area contributed by atoms with E-state index >= 15 is 0 Å². The molecule has 0 atom stereocenters. The molecule has 0 saturated heterocycles. The number of anilines is 1. The molecule has 27 heavy (non-hydrogen) atoms. The van der Waals surface area contributed by atoms with Crippen LogP contribution in [-0.2, 0) is 5.54 Å². The van der Waals surface area contributed by atoms with Crippen LogP contribution in [0.3, 0.4) is 0 Å². The van der Waals surface area contributed by atoms with Crippen molar-refractivity contribution in [3.8, 4) is 0 Å². The number of ketones is 1. The number of hydrogen-bond acceptors (Lipinski definition) is 3. The van der Waals surface area contributed by atoms with Crippen LogP contribution in [0.5, 0.6) is 0 Å². The number of rotatable bonds is 5. The van der Waals surface area contributed by atoms with E-state index in [1.807, 2.05) is 19.9 Å². The second-order valence-corrected chi connectivity index (χ2v) is 7.02. The molecule has 3 amide bonds. The number of carbonyl (C=O) groups excluding carboxylic acids is 3. The second kappa shape index (κ2) is 8.22. The Morgan fingerprint density at radius 1 is 1.04 bits per heavy atom. The van der Waals surface area contributed by atoms with Crippen LogP contribution in [0.25, 0.3) is 0 Å². The van der Waals surface area contributed by atoms with E-state index in [1.165, 1.54) is 20.0 Å². The highest BCUT2D eigenvalue weighted by atomic mass is 35.5. The maximum Gasteiger partial charge on any atom is 0.319 e. The van der Waals surface area contributed by atoms with Crippen molar-refractivity contribution in [2.75, 3.05) is 12.4 Å². The van der Waals surface area contributed by atoms with Gasteiger partial charge in [0.15, 0.2) is 5.78 Å². The Morgan fingerprint density at radius 3 is 2.37 bits per heavy atom. The lowest BCUT2D eigenvalue weighted by molar-refractivity contribution is 0.0962. The first-order valence-electron chi connectivity index (χ1n) is 8.36. The smallest absolute Gasteiger partial charge is 0.319 e. The molecule has 2 aromatic rings. The van der Waals surface area contributed by atoms with Gasteiger partial charge >= 0.3 is 6.03 Å². The zero-order valence-corrected chi connectivity index (χ0v) is 16.4. The Balaban J connectivity index is 2.16. The molecule has 0 aromatic heterocycles. The fraction of sp³-hybridized carbons (Fsp3) is 0.250. The first-order chi connectivity index (χ1) is 12.6. The highest BCUT2D eigenvalue weighted by Gasteiger charge is 2.24. The molecule has 0 saturated carbocycles. The molecule has 2 rings (SSSR count). The van der Waals surface area contributed by atoms with Crippen LogP contribution >= 0.6 is 11.6 Å². The van der Waals surface area contributed by atoms with Crippen molar-refractivity contribution < 1.29 is 14.4 Å². The summed E-state index contributed by atoms with van der Waals surface area (Å²) in [5.41, 5.74) is 1.36. The van der Waals surface area contributed by atoms with Gasteiger partial charge in [0.05, 0.1) is 16.1 Å². The van der Waals surface area contributed by atoms with Gasteiger partial charge < -0.3 is 16.0 Å². The van der Waals surface area contributed by atoms with E-state index < -0.39 is 11.6 Å². The normalized spacial score (nSPS) is 10.9. The topological polar surface area (TPSA) is 87.3 Å². The number of benzene rings is 2. The van der Waals surface area contributed by atoms with Crippen molar-refractivity contribution in [2.24, 2.45) is 0 Å². The maximum atomic E-state index is 12.4. The molecule has 142 valence electrons. The van der Waals surface area contributed by atoms with Crippen molar-refractivity contribution in [1.82, 2.24) is 10.6 Å². The molecule has 0 aliphatic rings. The van der Waals surface area contributed by atoms with Gasteiger partial charge in [0.1, 0.15) is 0 Å². The van der Waals surface area contributed by atoms with Gasteiger partial charge in [-0.1, -0.05) is 29.8 Å². The fourth-order valence-corrected chi connectivity index (χ4v) is 2.76. The zero-order valence-electron chi connectivity index (χ0n) is 15.6. The van der Waals surface area contributed by atoms with E-state index in [4.69, 9.17) is 11.6 Å². The molecule has 0 fully saturated rings. The van der Waals surface area contributed by atoms with Crippen molar-refractivity contribution >= 4 is 35.0 Å². The van der Waals surface area contributed by atoms with E-state index in [9.17, 15) is 14.4 Å². The Labute approximate surface area is 163 Å². The zero-order chi connectivity index (χ0) is 20.2. The third-order valence-corrected chi connectivity index (χ3v) is 4.44. The van der Waals surface area contributed by atoms with Crippen molar-refractivity contribution in [3.63, 3.8) is 0 Å². The average Bonchev–Trinajstić information content (AvgIpc) is 2.62. The summed E-state index contributed by atoms with van der Waals surface area (Å²) in [6.45, 7) is 5.17. The number of amides is 3. The number of hydrogen-bond donors (Lipinski definition) is 3. The molecule has 3 N–H and O–H groups in total. The number of halogens is 1. The number of Topliss-reactive ketones (excluding diaryl/α,β-unsaturated/α-hetero) is 1. The molecule has 7 heteroatoms. The quantitative estimate of drug-likeness (QED) is 0.678. The Hall–Kier alpha value is -2.86. The van der Waals surface area contributed by atoms with Gasteiger partial charge in [0.2, 0.25) is 0 Å². The molecule has 0 spiro atoms. The molecule has 0 aliphatic heterocycles. The summed E-state index contributed by atoms with van der Waals surface area (Å²) in [5, 5.41) is 8.36. The summed E-state index contributed by atoms with van der Waals surface area (Å²) in [7, 11) is 1.50. The summed E-state index contributed by atoms with van der Waals surface area (Å²) >= 11 is 6.02. The molecule has 0 unspecified atom stereocenters. The predicted octanol–water partition coefficient (Wildman–Crippen LogP) is 3.96. The summed E-state index contributed by atoms with van der Waals surface area (Å²) in [5.74, 6) is -0.384. The highest BCUT2D eigenvalue weighted by molar-refractivity contribution is 6.34. The number of nitrogens with one attached hydrogen (secondary N) is 3. The minimum atomic E-state index is -0.717. The number of urea groups is 1. The summed E-state index contributed by atoms with van der Waals surface area (Å²) in [6.07, 6.45) is 0. The van der Waals surface area contributed by atoms with Gasteiger partial charge in [-0.3, -0.25) is 9.59 Å². The van der Waals surface area contributed by atoms with Crippen molar-refractivity contribution in [2.45, 2.75) is 26.3 Å². The van der Waals surface area contributed by atoms with E-state index in [0.29, 0.717) is 16.3 Å². The van der Waals surface area contributed by atoms with Crippen molar-refractivity contribution in [3.05, 3.63) is 64.2 Å². The van der Waals surface area contributed by atoms with Gasteiger partial charge in [0, 0.05) is 18.3 Å². The molecule has 2 aromatic carbocycles. The lowest BCUT2D eigenvalue weighted by Gasteiger charge is -2.27. The number of carbonyl (C=O) groups is 3. The van der Waals surface area contributed by atoms with Crippen LogP contribution in [0, 0.1) is 0 Å². The standard InChI is InChI=1S/C20H22ClN3O3/c1-12(25)13-6-5-7-14(10-13)20(2,3)24-19(27)23-15-8-9-17(21)16(11-15)18(26)22-4/h5-11H,1-4H3,(H,22,26)(H2,23,24,27). The van der Waals surface area contributed by atoms with Crippen molar-refractivity contribution in [1.29, 1.82) is 0 Å². The van der Waals surface area contributed by atoms with E-state index in [-0.39, 0.29) is 17.3 Å². The minimum absolute atomic E-state index is 0.0417. The van der Waals surface area contributed by atoms with E-state index in [0.717, 1.165) is 5.56 Å². The first-order valence-corrected chi connectivity index (χ1v) is 8.74. The first kappa shape index (κ1) is 20.5. The summed E-state index contributed by atoms with van der Waals surface area (Å²) < 4.78 is 0. The average molecular weight is 388 g/mol. The van der Waals surface area contributed by atoms with Crippen LogP contribution in [-0.4, -0.2) is 24.8 Å². The summed E-state index contributed by atoms with van der Waals surface area (Å²) in [4.78, 5) is 35.8. The van der Waals surface area contributed by atoms with Crippen LogP contribution in [0.15, 0.2) is 42.5 Å². The Kier molecular flexibility index (Phi) is 6.23. The predicted molar refractivity (Wildman–Crippen MR) is 106 cm³/mol. The van der Waals surface area contributed by atoms with Crippen LogP contribution < -0.4 is 16.0 Å². The SMILES string of the molecule is CNC(=O)c1cc(NC(=O)NC(C)(C)c2cccc(C(C)=O)c2)ccc1Cl. The molecule has 0 aliphatic carbocycles. The van der Waals surface area contributed by atoms with Gasteiger partial charge in [-0.2, -0.15) is 0 Å². The Morgan fingerprint density at radius 2 is 1.74 bits per heavy atom. The minimum Gasteiger partial charge on any atom is -0.355 e.